The van der Waals surface area contributed by atoms with E-state index in [-0.39, 0.29) is 0 Å². The maximum Gasteiger partial charge on any atom is 0.343 e. The van der Waals surface area contributed by atoms with Crippen LogP contribution in [0.1, 0.15) is 27.7 Å². The zero-order valence-electron chi connectivity index (χ0n) is 17.2. The summed E-state index contributed by atoms with van der Waals surface area (Å²) >= 11 is 6.88. The maximum atomic E-state index is 13.4. The lowest BCUT2D eigenvalue weighted by Gasteiger charge is -2.47. The molecule has 4 aliphatic heterocycles. The zero-order chi connectivity index (χ0) is 22.7. The van der Waals surface area contributed by atoms with Crippen LogP contribution in [-0.4, -0.2) is 80.5 Å². The third-order valence-electron chi connectivity index (χ3n) is 8.91. The van der Waals surface area contributed by atoms with E-state index in [0.717, 1.165) is 0 Å². The zero-order valence-corrected chi connectivity index (χ0v) is 18.0. The molecule has 6 aliphatic rings. The summed E-state index contributed by atoms with van der Waals surface area (Å²) in [6.45, 7) is 6.89. The highest BCUT2D eigenvalue weighted by Crippen LogP contribution is 2.85. The number of carbonyl (C=O) groups is 3. The van der Waals surface area contributed by atoms with E-state index in [4.69, 9.17) is 30.5 Å². The van der Waals surface area contributed by atoms with E-state index in [0.29, 0.717) is 0 Å². The summed E-state index contributed by atoms with van der Waals surface area (Å²) in [5.74, 6) is -4.82. The molecule has 0 radical (unpaired) electrons. The minimum absolute atomic E-state index is 0.674. The van der Waals surface area contributed by atoms with Crippen molar-refractivity contribution in [2.45, 2.75) is 75.0 Å². The third-order valence-corrected chi connectivity index (χ3v) is 9.39. The standard InChI is InChI=1S/C20H23ClO10/c1-5-12(24)28-11-8(22)18-10-6(21)7(16(2,3)4)17(18)9(23)13(25)30-15(17)31-20(18,14(26)29-10)19(5,11)27/h5-11,15,22-23,27H,1-4H3/t5-,6+,7+,8+,9-,10?,11?,15?,17?,18?,19-,20?/m1/s1. The van der Waals surface area contributed by atoms with Crippen molar-refractivity contribution in [2.75, 3.05) is 0 Å². The number of fused-ring (bicyclic) bond motifs is 1. The van der Waals surface area contributed by atoms with Gasteiger partial charge in [-0.05, 0) is 18.3 Å². The molecule has 0 aromatic heterocycles. The second-order valence-corrected chi connectivity index (χ2v) is 11.2. The van der Waals surface area contributed by atoms with Crippen LogP contribution in [0.25, 0.3) is 0 Å². The minimum Gasteiger partial charge on any atom is -0.458 e. The number of alkyl halides is 1. The highest BCUT2D eigenvalue weighted by atomic mass is 35.5. The van der Waals surface area contributed by atoms with E-state index in [1.165, 1.54) is 6.92 Å². The molecule has 4 saturated heterocycles. The average molecular weight is 459 g/mol. The van der Waals surface area contributed by atoms with Crippen LogP contribution in [-0.2, 0) is 33.3 Å². The fourth-order valence-corrected chi connectivity index (χ4v) is 9.03. The Morgan fingerprint density at radius 2 is 1.65 bits per heavy atom. The number of aliphatic hydroxyl groups excluding tert-OH is 2. The molecule has 170 valence electrons. The van der Waals surface area contributed by atoms with Crippen molar-refractivity contribution < 1.29 is 48.7 Å². The molecule has 4 heterocycles. The summed E-state index contributed by atoms with van der Waals surface area (Å²) < 4.78 is 22.5. The number of rotatable bonds is 0. The van der Waals surface area contributed by atoms with Gasteiger partial charge in [-0.2, -0.15) is 0 Å². The number of esters is 3. The van der Waals surface area contributed by atoms with Crippen molar-refractivity contribution in [1.29, 1.82) is 0 Å². The first-order valence-corrected chi connectivity index (χ1v) is 10.7. The van der Waals surface area contributed by atoms with E-state index in [9.17, 15) is 29.7 Å². The minimum atomic E-state index is -2.32. The van der Waals surface area contributed by atoms with E-state index in [2.05, 4.69) is 0 Å². The molecule has 6 unspecified atom stereocenters. The number of ether oxygens (including phenoxy) is 4. The lowest BCUT2D eigenvalue weighted by molar-refractivity contribution is -0.239. The quantitative estimate of drug-likeness (QED) is 0.231. The van der Waals surface area contributed by atoms with Crippen LogP contribution in [0, 0.1) is 28.1 Å². The lowest BCUT2D eigenvalue weighted by Crippen LogP contribution is -2.67. The molecule has 6 fully saturated rings. The fourth-order valence-electron chi connectivity index (χ4n) is 8.19. The van der Waals surface area contributed by atoms with Gasteiger partial charge in [0.15, 0.2) is 17.8 Å². The molecule has 2 aliphatic carbocycles. The summed E-state index contributed by atoms with van der Waals surface area (Å²) in [6.07, 6.45) is -7.77. The summed E-state index contributed by atoms with van der Waals surface area (Å²) in [4.78, 5) is 38.4. The van der Waals surface area contributed by atoms with Crippen LogP contribution < -0.4 is 0 Å². The van der Waals surface area contributed by atoms with Gasteiger partial charge in [0.05, 0.1) is 22.1 Å². The SMILES string of the molecule is C[C@@H]1C(=O)OC2[C@H](O)C34C5OC(=O)C3(OC3OC(=O)[C@@H](O)C34[C@H](C(C)(C)C)[C@@H]5Cl)[C@]21O. The second-order valence-electron chi connectivity index (χ2n) is 10.7. The fraction of sp³-hybridized carbons (Fsp3) is 0.850. The lowest BCUT2D eigenvalue weighted by atomic mass is 9.51. The first-order chi connectivity index (χ1) is 14.3. The van der Waals surface area contributed by atoms with Crippen LogP contribution in [0.4, 0.5) is 0 Å². The molecule has 11 heteroatoms. The molecule has 3 N–H and O–H groups in total. The van der Waals surface area contributed by atoms with Crippen molar-refractivity contribution in [2.24, 2.45) is 28.1 Å². The number of aliphatic hydroxyl groups is 3. The van der Waals surface area contributed by atoms with Gasteiger partial charge in [0.2, 0.25) is 11.9 Å². The van der Waals surface area contributed by atoms with Gasteiger partial charge in [-0.3, -0.25) is 4.79 Å². The van der Waals surface area contributed by atoms with Crippen molar-refractivity contribution in [3.63, 3.8) is 0 Å². The second kappa shape index (κ2) is 5.04. The number of hydrogen-bond acceptors (Lipinski definition) is 10. The number of hydrogen-bond donors (Lipinski definition) is 3. The first kappa shape index (κ1) is 20.2. The maximum absolute atomic E-state index is 13.4. The van der Waals surface area contributed by atoms with Crippen molar-refractivity contribution in [3.05, 3.63) is 0 Å². The Bertz CT molecular complexity index is 962. The van der Waals surface area contributed by atoms with Crippen LogP contribution in [0.3, 0.4) is 0 Å². The van der Waals surface area contributed by atoms with Gasteiger partial charge in [0.25, 0.3) is 0 Å². The Morgan fingerprint density at radius 1 is 1.00 bits per heavy atom. The average Bonchev–Trinajstić information content (AvgIpc) is 3.35. The van der Waals surface area contributed by atoms with Crippen molar-refractivity contribution in [1.82, 2.24) is 0 Å². The Morgan fingerprint density at radius 3 is 2.26 bits per heavy atom. The van der Waals surface area contributed by atoms with E-state index >= 15 is 0 Å². The highest BCUT2D eigenvalue weighted by Gasteiger charge is 3.05. The Balaban J connectivity index is 1.75. The smallest absolute Gasteiger partial charge is 0.343 e. The van der Waals surface area contributed by atoms with Gasteiger partial charge in [0, 0.05) is 0 Å². The predicted octanol–water partition coefficient (Wildman–Crippen LogP) is -1.15. The molecule has 31 heavy (non-hydrogen) atoms. The summed E-state index contributed by atoms with van der Waals surface area (Å²) in [5, 5.41) is 33.9. The Kier molecular flexibility index (Phi) is 3.28. The van der Waals surface area contributed by atoms with Gasteiger partial charge < -0.3 is 34.3 Å². The molecular formula is C20H23ClO10. The Labute approximate surface area is 181 Å². The van der Waals surface area contributed by atoms with Crippen LogP contribution >= 0.6 is 11.6 Å². The molecule has 2 saturated carbocycles. The highest BCUT2D eigenvalue weighted by molar-refractivity contribution is 6.22. The summed E-state index contributed by atoms with van der Waals surface area (Å²) in [6, 6.07) is 0. The first-order valence-electron chi connectivity index (χ1n) is 10.3. The molecule has 0 aromatic carbocycles. The topological polar surface area (TPSA) is 149 Å². The largest absolute Gasteiger partial charge is 0.458 e. The monoisotopic (exact) mass is 458 g/mol. The molecule has 10 nitrogen and oxygen atoms in total. The normalized spacial score (nSPS) is 61.0. The van der Waals surface area contributed by atoms with Crippen molar-refractivity contribution >= 4 is 29.5 Å². The molecular weight excluding hydrogens is 436 g/mol. The molecule has 0 bridgehead atoms. The van der Waals surface area contributed by atoms with Crippen LogP contribution in [0.2, 0.25) is 0 Å². The predicted molar refractivity (Wildman–Crippen MR) is 97.0 cm³/mol. The Hall–Kier alpha value is -1.46. The summed E-state index contributed by atoms with van der Waals surface area (Å²) in [7, 11) is 0. The van der Waals surface area contributed by atoms with E-state index in [1.807, 2.05) is 20.8 Å². The van der Waals surface area contributed by atoms with E-state index in [1.54, 1.807) is 0 Å². The van der Waals surface area contributed by atoms with E-state index < -0.39 is 93.3 Å². The van der Waals surface area contributed by atoms with Crippen LogP contribution in [0.5, 0.6) is 0 Å². The molecule has 12 atom stereocenters. The van der Waals surface area contributed by atoms with Gasteiger partial charge >= 0.3 is 17.9 Å². The molecule has 0 amide bonds. The summed E-state index contributed by atoms with van der Waals surface area (Å²) in [5.41, 5.74) is -8.92. The van der Waals surface area contributed by atoms with Gasteiger partial charge in [-0.25, -0.2) is 9.59 Å². The molecule has 2 spiro atoms. The van der Waals surface area contributed by atoms with Crippen molar-refractivity contribution in [3.8, 4) is 0 Å². The van der Waals surface area contributed by atoms with Crippen LogP contribution in [0.15, 0.2) is 0 Å². The third kappa shape index (κ3) is 1.48. The number of carbonyl (C=O) groups excluding carboxylic acids is 3. The number of halogens is 1. The molecule has 0 aromatic rings. The van der Waals surface area contributed by atoms with Gasteiger partial charge in [-0.1, -0.05) is 20.8 Å². The van der Waals surface area contributed by atoms with Gasteiger partial charge in [0.1, 0.15) is 12.2 Å². The molecule has 6 rings (SSSR count). The van der Waals surface area contributed by atoms with Gasteiger partial charge in [-0.15, -0.1) is 11.6 Å².